The van der Waals surface area contributed by atoms with Gasteiger partial charge in [0.05, 0.1) is 13.0 Å². The van der Waals surface area contributed by atoms with E-state index < -0.39 is 48.9 Å². The van der Waals surface area contributed by atoms with Crippen molar-refractivity contribution in [2.45, 2.75) is 30.6 Å². The minimum Gasteiger partial charge on any atom is -0.393 e. The molecule has 2 aliphatic rings. The van der Waals surface area contributed by atoms with Gasteiger partial charge in [-0.05, 0) is 11.6 Å². The van der Waals surface area contributed by atoms with Crippen LogP contribution in [0.15, 0.2) is 17.4 Å². The second kappa shape index (κ2) is 5.17. The number of alkyl halides is 1. The van der Waals surface area contributed by atoms with E-state index >= 15 is 0 Å². The molecule has 1 amide bonds. The summed E-state index contributed by atoms with van der Waals surface area (Å²) in [7, 11) is 0. The fraction of sp³-hybridized carbons (Fsp3) is 0.600. The highest BCUT2D eigenvalue weighted by Gasteiger charge is 2.57. The Morgan fingerprint density at radius 2 is 2.35 bits per heavy atom. The lowest BCUT2D eigenvalue weighted by atomic mass is 10.1. The van der Waals surface area contributed by atoms with Crippen LogP contribution in [0.2, 0.25) is 0 Å². The number of aliphatic hydroxyl groups excluding tert-OH is 2. The van der Waals surface area contributed by atoms with Crippen molar-refractivity contribution >= 4 is 11.7 Å². The number of ether oxygens (including phenoxy) is 1. The van der Waals surface area contributed by atoms with Gasteiger partial charge >= 0.3 is 0 Å². The highest BCUT2D eigenvalue weighted by molar-refractivity contribution is 6.06. The number of ketones is 1. The zero-order chi connectivity index (χ0) is 14.9. The van der Waals surface area contributed by atoms with Crippen molar-refractivity contribution in [3.63, 3.8) is 0 Å². The molecule has 0 spiro atoms. The second-order valence-corrected chi connectivity index (χ2v) is 4.35. The lowest BCUT2D eigenvalue weighted by Crippen LogP contribution is -2.44. The lowest BCUT2D eigenvalue weighted by Gasteiger charge is -2.29. The van der Waals surface area contributed by atoms with Gasteiger partial charge < -0.3 is 14.9 Å². The molecule has 20 heavy (non-hydrogen) atoms. The summed E-state index contributed by atoms with van der Waals surface area (Å²) in [5.74, 6) is -1.16. The number of nitrogens with zero attached hydrogens (tertiary/aromatic N) is 4. The molecule has 1 saturated heterocycles. The smallest absolute Gasteiger partial charge is 0.236 e. The van der Waals surface area contributed by atoms with Crippen LogP contribution < -0.4 is 0 Å². The summed E-state index contributed by atoms with van der Waals surface area (Å²) in [4.78, 5) is 25.9. The van der Waals surface area contributed by atoms with Crippen LogP contribution in [0, 0.1) is 0 Å². The maximum atomic E-state index is 14.1. The van der Waals surface area contributed by atoms with Gasteiger partial charge in [0, 0.05) is 11.1 Å². The van der Waals surface area contributed by atoms with E-state index in [1.165, 1.54) is 0 Å². The maximum absolute atomic E-state index is 14.1. The Hall–Kier alpha value is -2.00. The van der Waals surface area contributed by atoms with E-state index in [0.717, 1.165) is 17.2 Å². The summed E-state index contributed by atoms with van der Waals surface area (Å²) >= 11 is 0. The number of allylic oxidation sites excluding steroid dienone is 1. The molecule has 0 unspecified atom stereocenters. The van der Waals surface area contributed by atoms with Gasteiger partial charge in [-0.2, -0.15) is 0 Å². The van der Waals surface area contributed by atoms with E-state index in [1.54, 1.807) is 0 Å². The average Bonchev–Trinajstić information content (AvgIpc) is 2.65. The quantitative estimate of drug-likeness (QED) is 0.307. The summed E-state index contributed by atoms with van der Waals surface area (Å²) in [5.41, 5.74) is 6.20. The number of hydrogen-bond donors (Lipinski definition) is 2. The van der Waals surface area contributed by atoms with Crippen LogP contribution in [0.5, 0.6) is 0 Å². The molecular weight excluding hydrogens is 275 g/mol. The Morgan fingerprint density at radius 1 is 1.65 bits per heavy atom. The molecule has 0 aromatic carbocycles. The molecule has 4 atom stereocenters. The van der Waals surface area contributed by atoms with Gasteiger partial charge in [-0.1, -0.05) is 5.11 Å². The van der Waals surface area contributed by atoms with Crippen LogP contribution in [-0.2, 0) is 14.3 Å². The number of azide groups is 1. The average molecular weight is 286 g/mol. The number of carbonyl (C=O) groups is 2. The number of halogens is 1. The van der Waals surface area contributed by atoms with Gasteiger partial charge in [0.25, 0.3) is 0 Å². The highest BCUT2D eigenvalue weighted by Crippen LogP contribution is 2.36. The van der Waals surface area contributed by atoms with Gasteiger partial charge in [-0.25, -0.2) is 4.39 Å². The minimum atomic E-state index is -2.20. The Kier molecular flexibility index (Phi) is 3.73. The van der Waals surface area contributed by atoms with Gasteiger partial charge in [-0.3, -0.25) is 14.5 Å². The van der Waals surface area contributed by atoms with Crippen molar-refractivity contribution in [1.82, 2.24) is 4.90 Å². The van der Waals surface area contributed by atoms with Crippen LogP contribution in [0.1, 0.15) is 6.42 Å². The number of hydrogen-bond acceptors (Lipinski definition) is 6. The second-order valence-electron chi connectivity index (χ2n) is 4.35. The molecule has 9 nitrogen and oxygen atoms in total. The highest BCUT2D eigenvalue weighted by atomic mass is 19.1. The van der Waals surface area contributed by atoms with Crippen molar-refractivity contribution in [2.24, 2.45) is 5.11 Å². The first-order chi connectivity index (χ1) is 9.45. The fourth-order valence-electron chi connectivity index (χ4n) is 2.05. The molecule has 0 aliphatic carbocycles. The third-order valence-electron chi connectivity index (χ3n) is 3.11. The predicted octanol–water partition coefficient (Wildman–Crippen LogP) is -0.644. The molecule has 0 aromatic rings. The fourth-order valence-corrected chi connectivity index (χ4v) is 2.05. The maximum Gasteiger partial charge on any atom is 0.236 e. The summed E-state index contributed by atoms with van der Waals surface area (Å²) in [6.07, 6.45) is -3.98. The first-order valence-corrected chi connectivity index (χ1v) is 5.64. The summed E-state index contributed by atoms with van der Waals surface area (Å²) in [6.45, 7) is -0.959. The molecule has 0 saturated carbocycles. The number of rotatable bonds is 3. The Labute approximate surface area is 111 Å². The Bertz CT molecular complexity index is 520. The molecular formula is C10H11FN4O5. The molecule has 2 N–H and O–H groups in total. The largest absolute Gasteiger partial charge is 0.393 e. The monoisotopic (exact) mass is 286 g/mol. The van der Waals surface area contributed by atoms with Crippen LogP contribution in [0.4, 0.5) is 4.39 Å². The van der Waals surface area contributed by atoms with E-state index in [2.05, 4.69) is 10.0 Å². The van der Waals surface area contributed by atoms with Crippen molar-refractivity contribution < 1.29 is 28.9 Å². The molecule has 2 rings (SSSR count). The van der Waals surface area contributed by atoms with Crippen molar-refractivity contribution in [3.8, 4) is 0 Å². The Balaban J connectivity index is 2.31. The van der Waals surface area contributed by atoms with Gasteiger partial charge in [0.1, 0.15) is 6.10 Å². The number of carbonyl (C=O) groups excluding carboxylic acids is 2. The summed E-state index contributed by atoms with van der Waals surface area (Å²) in [6, 6.07) is 0. The van der Waals surface area contributed by atoms with E-state index in [4.69, 9.17) is 15.4 Å². The molecule has 2 heterocycles. The van der Waals surface area contributed by atoms with Gasteiger partial charge in [0.15, 0.2) is 18.2 Å². The molecule has 0 aromatic heterocycles. The minimum absolute atomic E-state index is 0.441. The van der Waals surface area contributed by atoms with Crippen LogP contribution in [0.25, 0.3) is 10.4 Å². The number of aliphatic hydroxyl groups is 2. The molecule has 2 aliphatic heterocycles. The van der Waals surface area contributed by atoms with E-state index in [-0.39, 0.29) is 0 Å². The standard InChI is InChI=1S/C10H11FN4O5/c11-7-8(19)10(4-16,13-14-12)20-9(7)15-2-1-5(17)3-6(15)18/h1-2,7-9,16,19H,3-4H2/t7-,8+,9-,10-/m1/s1. The van der Waals surface area contributed by atoms with Crippen molar-refractivity contribution in [3.05, 3.63) is 22.7 Å². The third kappa shape index (κ3) is 2.14. The molecule has 1 fully saturated rings. The zero-order valence-corrected chi connectivity index (χ0v) is 10.1. The first kappa shape index (κ1) is 14.4. The summed E-state index contributed by atoms with van der Waals surface area (Å²) in [5, 5.41) is 22.0. The van der Waals surface area contributed by atoms with Gasteiger partial charge in [0.2, 0.25) is 11.6 Å². The third-order valence-corrected chi connectivity index (χ3v) is 3.11. The predicted molar refractivity (Wildman–Crippen MR) is 60.3 cm³/mol. The Morgan fingerprint density at radius 3 is 2.90 bits per heavy atom. The van der Waals surface area contributed by atoms with Crippen LogP contribution in [0.3, 0.4) is 0 Å². The lowest BCUT2D eigenvalue weighted by molar-refractivity contribution is -0.158. The van der Waals surface area contributed by atoms with E-state index in [0.29, 0.717) is 0 Å². The SMILES string of the molecule is [N-]=[N+]=N[C@]1(CO)O[C@@H](N2C=CC(=O)CC2=O)[C@H](F)[C@@H]1O. The zero-order valence-electron chi connectivity index (χ0n) is 10.1. The van der Waals surface area contributed by atoms with Gasteiger partial charge in [-0.15, -0.1) is 0 Å². The molecule has 0 bridgehead atoms. The normalized spacial score (nSPS) is 37.1. The van der Waals surface area contributed by atoms with E-state index in [9.17, 15) is 19.1 Å². The van der Waals surface area contributed by atoms with Crippen LogP contribution >= 0.6 is 0 Å². The van der Waals surface area contributed by atoms with E-state index in [1.807, 2.05) is 0 Å². The van der Waals surface area contributed by atoms with Crippen molar-refractivity contribution in [2.75, 3.05) is 6.61 Å². The molecule has 0 radical (unpaired) electrons. The van der Waals surface area contributed by atoms with Crippen molar-refractivity contribution in [1.29, 1.82) is 0 Å². The first-order valence-electron chi connectivity index (χ1n) is 5.64. The number of amides is 1. The molecule has 10 heteroatoms. The summed E-state index contributed by atoms with van der Waals surface area (Å²) < 4.78 is 19.1. The van der Waals surface area contributed by atoms with Crippen LogP contribution in [-0.4, -0.2) is 57.6 Å². The topological polar surface area (TPSA) is 136 Å². The molecule has 108 valence electrons.